The summed E-state index contributed by atoms with van der Waals surface area (Å²) in [5.74, 6) is -0.749. The fourth-order valence-electron chi connectivity index (χ4n) is 4.41. The molecule has 3 heterocycles. The number of carbonyl (C=O) groups is 2. The Morgan fingerprint density at radius 1 is 1.00 bits per heavy atom. The summed E-state index contributed by atoms with van der Waals surface area (Å²) >= 11 is 0. The highest BCUT2D eigenvalue weighted by Crippen LogP contribution is 2.60. The van der Waals surface area contributed by atoms with Crippen LogP contribution in [0.25, 0.3) is 5.76 Å². The number of ether oxygens (including phenoxy) is 2. The number of phosphoric acid groups is 2. The molecule has 0 aromatic heterocycles. The van der Waals surface area contributed by atoms with Crippen LogP contribution < -0.4 is 5.32 Å². The number of aliphatic hydroxyl groups is 2. The number of carboxylic acid groups (broad SMARTS) is 1. The van der Waals surface area contributed by atoms with Crippen LogP contribution >= 0.6 is 15.6 Å². The van der Waals surface area contributed by atoms with E-state index in [9.17, 15) is 38.7 Å². The molecule has 2 aromatic carbocycles. The number of aliphatic hydroxyl groups excluding tert-OH is 2. The lowest BCUT2D eigenvalue weighted by molar-refractivity contribution is -0.0672. The van der Waals surface area contributed by atoms with Crippen molar-refractivity contribution in [3.63, 3.8) is 0 Å². The monoisotopic (exact) mass is 640 g/mol. The minimum Gasteiger partial charge on any atom is -0.478 e. The van der Waals surface area contributed by atoms with Gasteiger partial charge in [-0.1, -0.05) is 42.5 Å². The van der Waals surface area contributed by atoms with Crippen molar-refractivity contribution in [2.75, 3.05) is 6.61 Å². The van der Waals surface area contributed by atoms with E-state index in [1.807, 2.05) is 30.3 Å². The Hall–Kier alpha value is -3.40. The molecule has 4 unspecified atom stereocenters. The molecule has 43 heavy (non-hydrogen) atoms. The summed E-state index contributed by atoms with van der Waals surface area (Å²) in [6, 6.07) is 13.6. The second kappa shape index (κ2) is 12.3. The summed E-state index contributed by atoms with van der Waals surface area (Å²) in [6.07, 6.45) is -4.04. The highest BCUT2D eigenvalue weighted by Gasteiger charge is 2.49. The van der Waals surface area contributed by atoms with Gasteiger partial charge in [0.25, 0.3) is 0 Å². The Kier molecular flexibility index (Phi) is 8.88. The van der Waals surface area contributed by atoms with Gasteiger partial charge in [0.2, 0.25) is 6.23 Å². The Morgan fingerprint density at radius 2 is 1.72 bits per heavy atom. The third-order valence-corrected chi connectivity index (χ3v) is 9.05. The summed E-state index contributed by atoms with van der Waals surface area (Å²) in [6.45, 7) is -1.55. The summed E-state index contributed by atoms with van der Waals surface area (Å²) in [4.78, 5) is 44.7. The van der Waals surface area contributed by atoms with E-state index in [2.05, 4.69) is 14.2 Å². The number of aromatic carboxylic acids is 1. The molecule has 18 heteroatoms. The minimum absolute atomic E-state index is 0.121. The molecule has 0 aliphatic carbocycles. The van der Waals surface area contributed by atoms with Crippen LogP contribution in [0.1, 0.15) is 21.5 Å². The first-order valence-electron chi connectivity index (χ1n) is 12.6. The van der Waals surface area contributed by atoms with Crippen molar-refractivity contribution >= 4 is 33.4 Å². The van der Waals surface area contributed by atoms with Gasteiger partial charge in [0.15, 0.2) is 6.23 Å². The van der Waals surface area contributed by atoms with Gasteiger partial charge in [-0.05, 0) is 23.8 Å². The van der Waals surface area contributed by atoms with Gasteiger partial charge in [-0.15, -0.1) is 0 Å². The lowest BCUT2D eigenvalue weighted by atomic mass is 10.1. The largest absolute Gasteiger partial charge is 0.481 e. The van der Waals surface area contributed by atoms with Crippen molar-refractivity contribution in [1.29, 1.82) is 0 Å². The lowest BCUT2D eigenvalue weighted by Crippen LogP contribution is -2.54. The normalized spacial score (nSPS) is 27.7. The number of benzene rings is 2. The third-order valence-electron chi connectivity index (χ3n) is 6.47. The molecule has 0 spiro atoms. The van der Waals surface area contributed by atoms with E-state index in [0.29, 0.717) is 11.3 Å². The van der Waals surface area contributed by atoms with Crippen LogP contribution in [0.5, 0.6) is 0 Å². The smallest absolute Gasteiger partial charge is 0.478 e. The lowest BCUT2D eigenvalue weighted by Gasteiger charge is -2.33. The Morgan fingerprint density at radius 3 is 2.44 bits per heavy atom. The number of urea groups is 1. The molecular weight excluding hydrogens is 614 g/mol. The van der Waals surface area contributed by atoms with Crippen molar-refractivity contribution < 1.29 is 66.7 Å². The molecule has 2 amide bonds. The van der Waals surface area contributed by atoms with Crippen LogP contribution in [0.4, 0.5) is 4.79 Å². The molecule has 0 saturated carbocycles. The fourth-order valence-corrected chi connectivity index (χ4v) is 6.48. The van der Waals surface area contributed by atoms with Gasteiger partial charge in [0.05, 0.1) is 18.8 Å². The first-order valence-corrected chi connectivity index (χ1v) is 15.6. The van der Waals surface area contributed by atoms with E-state index in [1.54, 1.807) is 6.08 Å². The zero-order chi connectivity index (χ0) is 30.9. The van der Waals surface area contributed by atoms with Crippen molar-refractivity contribution in [3.05, 3.63) is 89.1 Å². The molecule has 5 rings (SSSR count). The number of hydrogen-bond acceptors (Lipinski definition) is 11. The fraction of sp³-hybridized carbons (Fsp3) is 0.280. The number of nitrogens with zero attached hydrogens (tertiary/aromatic N) is 1. The zero-order valence-corrected chi connectivity index (χ0v) is 23.7. The number of carboxylic acids is 1. The van der Waals surface area contributed by atoms with Gasteiger partial charge in [-0.3, -0.25) is 19.3 Å². The number of amides is 2. The van der Waals surface area contributed by atoms with Crippen LogP contribution in [-0.4, -0.2) is 79.4 Å². The van der Waals surface area contributed by atoms with E-state index >= 15 is 0 Å². The summed E-state index contributed by atoms with van der Waals surface area (Å²) in [5.41, 5.74) is 1.33. The highest BCUT2D eigenvalue weighted by molar-refractivity contribution is 7.61. The number of phosphoric ester groups is 2. The zero-order valence-electron chi connectivity index (χ0n) is 21.9. The number of rotatable bonds is 11. The summed E-state index contributed by atoms with van der Waals surface area (Å²) < 4.78 is 49.5. The van der Waals surface area contributed by atoms with Gasteiger partial charge >= 0.3 is 27.6 Å². The van der Waals surface area contributed by atoms with Gasteiger partial charge in [-0.25, -0.2) is 18.7 Å². The molecule has 3 aliphatic rings. The highest BCUT2D eigenvalue weighted by atomic mass is 31.3. The first-order chi connectivity index (χ1) is 20.3. The van der Waals surface area contributed by atoms with E-state index in [1.165, 1.54) is 24.4 Å². The standard InChI is InChI=1S/C25H26N2O14P2/c28-20-19(13-38-43(35,36)41-42(33,34)37-12-14-5-4-8-16(9-14)24(30)31)40-23(21(20)29)27-11-17-10-18(15-6-2-1-3-7-15)39-22(17)26-25(27)32/h1-11,19-23,28-29H,12-13H2,(H,26,32)(H,30,31)(H,33,34)(H,35,36)/t19-,20?,21+,22?,23-/m1/s1. The second-order valence-corrected chi connectivity index (χ2v) is 12.5. The quantitative estimate of drug-likeness (QED) is 0.193. The second-order valence-electron chi connectivity index (χ2n) is 9.50. The maximum absolute atomic E-state index is 12.8. The van der Waals surface area contributed by atoms with Crippen molar-refractivity contribution in [2.24, 2.45) is 0 Å². The molecule has 0 bridgehead atoms. The van der Waals surface area contributed by atoms with Crippen LogP contribution in [0.15, 0.2) is 72.4 Å². The molecule has 6 N–H and O–H groups in total. The Balaban J connectivity index is 1.18. The van der Waals surface area contributed by atoms with E-state index in [-0.39, 0.29) is 11.1 Å². The summed E-state index contributed by atoms with van der Waals surface area (Å²) in [7, 11) is -10.5. The van der Waals surface area contributed by atoms with E-state index < -0.39 is 71.6 Å². The molecule has 2 aromatic rings. The number of carbonyl (C=O) groups excluding carboxylic acids is 1. The van der Waals surface area contributed by atoms with E-state index in [4.69, 9.17) is 19.1 Å². The topological polar surface area (TPSA) is 231 Å². The minimum atomic E-state index is -5.31. The van der Waals surface area contributed by atoms with Crippen LogP contribution in [0, 0.1) is 0 Å². The van der Waals surface area contributed by atoms with Gasteiger partial charge in [-0.2, -0.15) is 4.31 Å². The predicted octanol–water partition coefficient (Wildman–Crippen LogP) is 1.89. The maximum Gasteiger partial charge on any atom is 0.481 e. The molecule has 230 valence electrons. The molecule has 1 fully saturated rings. The van der Waals surface area contributed by atoms with Crippen LogP contribution in [0.3, 0.4) is 0 Å². The average Bonchev–Trinajstić information content (AvgIpc) is 3.50. The SMILES string of the molecule is O=C(O)c1cccc(COP(=O)(O)OP(=O)(O)OC[C@H]2O[C@@H](N3C=C4C=C(c5ccccc5)OC4NC3=O)[C@@H](O)C2O)c1. The molecule has 3 aliphatic heterocycles. The van der Waals surface area contributed by atoms with Gasteiger partial charge in [0.1, 0.15) is 24.1 Å². The van der Waals surface area contributed by atoms with Crippen molar-refractivity contribution in [1.82, 2.24) is 10.2 Å². The molecule has 16 nitrogen and oxygen atoms in total. The van der Waals surface area contributed by atoms with Crippen LogP contribution in [0.2, 0.25) is 0 Å². The van der Waals surface area contributed by atoms with Gasteiger partial charge < -0.3 is 34.6 Å². The number of hydrogen-bond donors (Lipinski definition) is 6. The van der Waals surface area contributed by atoms with Crippen LogP contribution in [-0.2, 0) is 38.6 Å². The number of fused-ring (bicyclic) bond motifs is 1. The molecule has 1 saturated heterocycles. The summed E-state index contributed by atoms with van der Waals surface area (Å²) in [5, 5.41) is 32.7. The molecular formula is C25H26N2O14P2. The van der Waals surface area contributed by atoms with Crippen molar-refractivity contribution in [2.45, 2.75) is 37.4 Å². The maximum atomic E-state index is 12.8. The van der Waals surface area contributed by atoms with Crippen molar-refractivity contribution in [3.8, 4) is 0 Å². The van der Waals surface area contributed by atoms with Gasteiger partial charge in [0, 0.05) is 17.3 Å². The predicted molar refractivity (Wildman–Crippen MR) is 143 cm³/mol. The first kappa shape index (κ1) is 31.0. The Labute approximate surface area is 243 Å². The average molecular weight is 640 g/mol. The molecule has 7 atom stereocenters. The Bertz CT molecular complexity index is 1550. The number of nitrogens with one attached hydrogen (secondary N) is 1. The molecule has 0 radical (unpaired) electrons. The van der Waals surface area contributed by atoms with E-state index in [0.717, 1.165) is 16.5 Å². The third kappa shape index (κ3) is 7.22.